The number of rotatable bonds is 9. The first kappa shape index (κ1) is 24.5. The lowest BCUT2D eigenvalue weighted by molar-refractivity contribution is 0.127. The van der Waals surface area contributed by atoms with E-state index in [0.717, 1.165) is 60.8 Å². The second-order valence-electron chi connectivity index (χ2n) is 10.8. The van der Waals surface area contributed by atoms with Crippen LogP contribution in [0.5, 0.6) is 0 Å². The summed E-state index contributed by atoms with van der Waals surface area (Å²) in [7, 11) is 1.77. The van der Waals surface area contributed by atoms with E-state index >= 15 is 4.39 Å². The number of methoxy groups -OCH3 is 1. The minimum absolute atomic E-state index is 0.0366. The number of benzene rings is 2. The maximum Gasteiger partial charge on any atom is 0.127 e. The van der Waals surface area contributed by atoms with Gasteiger partial charge in [0.25, 0.3) is 0 Å². The van der Waals surface area contributed by atoms with E-state index in [-0.39, 0.29) is 5.82 Å². The Morgan fingerprint density at radius 3 is 1.97 bits per heavy atom. The van der Waals surface area contributed by atoms with Gasteiger partial charge in [-0.15, -0.1) is 0 Å². The van der Waals surface area contributed by atoms with E-state index in [1.54, 1.807) is 13.2 Å². The van der Waals surface area contributed by atoms with Gasteiger partial charge in [-0.2, -0.15) is 0 Å². The van der Waals surface area contributed by atoms with Crippen LogP contribution in [0.15, 0.2) is 42.5 Å². The molecule has 1 nitrogen and oxygen atoms in total. The Bertz CT molecular complexity index is 842. The molecule has 0 aliphatic heterocycles. The Hall–Kier alpha value is -1.67. The van der Waals surface area contributed by atoms with Crippen LogP contribution in [0.3, 0.4) is 0 Å². The maximum atomic E-state index is 15.0. The molecule has 0 amide bonds. The van der Waals surface area contributed by atoms with Crippen molar-refractivity contribution in [2.75, 3.05) is 13.7 Å². The van der Waals surface area contributed by atoms with Crippen LogP contribution in [0.2, 0.25) is 0 Å². The molecule has 0 aromatic heterocycles. The molecule has 180 valence electrons. The van der Waals surface area contributed by atoms with E-state index in [0.29, 0.717) is 11.8 Å². The van der Waals surface area contributed by atoms with Crippen molar-refractivity contribution in [2.45, 2.75) is 89.9 Å². The van der Waals surface area contributed by atoms with Gasteiger partial charge in [-0.05, 0) is 90.5 Å². The van der Waals surface area contributed by atoms with Crippen LogP contribution in [-0.2, 0) is 11.2 Å². The summed E-state index contributed by atoms with van der Waals surface area (Å²) >= 11 is 0. The standard InChI is InChI=1S/C31H43FO/c1-3-4-23-5-7-24(8-6-23)9-10-25-11-15-27(16-12-25)29-19-20-30(31(32)21-29)28-17-13-26(14-18-28)22-33-2/h11-12,15-16,19-21,23-24,26,28H,3-10,13-14,17-18,22H2,1-2H3. The monoisotopic (exact) mass is 450 g/mol. The van der Waals surface area contributed by atoms with Gasteiger partial charge in [-0.3, -0.25) is 0 Å². The fraction of sp³-hybridized carbons (Fsp3) is 0.613. The lowest BCUT2D eigenvalue weighted by atomic mass is 9.78. The van der Waals surface area contributed by atoms with Crippen LogP contribution in [-0.4, -0.2) is 13.7 Å². The topological polar surface area (TPSA) is 9.23 Å². The van der Waals surface area contributed by atoms with Crippen molar-refractivity contribution in [3.05, 3.63) is 59.4 Å². The molecule has 0 radical (unpaired) electrons. The van der Waals surface area contributed by atoms with Gasteiger partial charge in [0.05, 0.1) is 0 Å². The lowest BCUT2D eigenvalue weighted by Crippen LogP contribution is -2.17. The fourth-order valence-electron chi connectivity index (χ4n) is 6.37. The lowest BCUT2D eigenvalue weighted by Gasteiger charge is -2.28. The summed E-state index contributed by atoms with van der Waals surface area (Å²) in [5.74, 6) is 2.85. The molecule has 4 rings (SSSR count). The van der Waals surface area contributed by atoms with Crippen molar-refractivity contribution in [3.8, 4) is 11.1 Å². The molecule has 0 spiro atoms. The average molecular weight is 451 g/mol. The zero-order valence-corrected chi connectivity index (χ0v) is 20.8. The van der Waals surface area contributed by atoms with Crippen molar-refractivity contribution in [3.63, 3.8) is 0 Å². The smallest absolute Gasteiger partial charge is 0.127 e. The van der Waals surface area contributed by atoms with Gasteiger partial charge >= 0.3 is 0 Å². The van der Waals surface area contributed by atoms with E-state index in [9.17, 15) is 0 Å². The van der Waals surface area contributed by atoms with Gasteiger partial charge in [0, 0.05) is 13.7 Å². The molecule has 0 saturated heterocycles. The molecule has 2 saturated carbocycles. The highest BCUT2D eigenvalue weighted by atomic mass is 19.1. The summed E-state index contributed by atoms with van der Waals surface area (Å²) in [6.45, 7) is 3.15. The van der Waals surface area contributed by atoms with Gasteiger partial charge in [-0.1, -0.05) is 81.8 Å². The highest BCUT2D eigenvalue weighted by Gasteiger charge is 2.24. The molecule has 2 fully saturated rings. The predicted octanol–water partition coefficient (Wildman–Crippen LogP) is 8.95. The second kappa shape index (κ2) is 12.2. The predicted molar refractivity (Wildman–Crippen MR) is 137 cm³/mol. The second-order valence-corrected chi connectivity index (χ2v) is 10.8. The molecule has 0 heterocycles. The zero-order chi connectivity index (χ0) is 23.0. The van der Waals surface area contributed by atoms with Crippen molar-refractivity contribution < 1.29 is 9.13 Å². The van der Waals surface area contributed by atoms with E-state index < -0.39 is 0 Å². The summed E-state index contributed by atoms with van der Waals surface area (Å²) in [6.07, 6.45) is 15.4. The fourth-order valence-corrected chi connectivity index (χ4v) is 6.37. The summed E-state index contributed by atoms with van der Waals surface area (Å²) < 4.78 is 20.3. The summed E-state index contributed by atoms with van der Waals surface area (Å²) in [5, 5.41) is 0. The average Bonchev–Trinajstić information content (AvgIpc) is 2.85. The summed E-state index contributed by atoms with van der Waals surface area (Å²) in [5.41, 5.74) is 4.43. The first-order chi connectivity index (χ1) is 16.2. The van der Waals surface area contributed by atoms with E-state index in [1.807, 2.05) is 6.07 Å². The molecule has 33 heavy (non-hydrogen) atoms. The normalized spacial score (nSPS) is 25.8. The summed E-state index contributed by atoms with van der Waals surface area (Å²) in [4.78, 5) is 0. The first-order valence-corrected chi connectivity index (χ1v) is 13.5. The Morgan fingerprint density at radius 2 is 1.36 bits per heavy atom. The molecule has 0 atom stereocenters. The van der Waals surface area contributed by atoms with Gasteiger partial charge in [0.2, 0.25) is 0 Å². The van der Waals surface area contributed by atoms with Crippen LogP contribution >= 0.6 is 0 Å². The van der Waals surface area contributed by atoms with E-state index in [1.165, 1.54) is 56.9 Å². The number of hydrogen-bond donors (Lipinski definition) is 0. The largest absolute Gasteiger partial charge is 0.384 e. The molecule has 0 bridgehead atoms. The first-order valence-electron chi connectivity index (χ1n) is 13.5. The molecule has 2 aromatic rings. The molecular weight excluding hydrogens is 407 g/mol. The summed E-state index contributed by atoms with van der Waals surface area (Å²) in [6, 6.07) is 14.8. The third kappa shape index (κ3) is 6.69. The SMILES string of the molecule is CCCC1CCC(CCc2ccc(-c3ccc(C4CCC(COC)CC4)c(F)c3)cc2)CC1. The van der Waals surface area contributed by atoms with Crippen LogP contribution in [0, 0.1) is 23.6 Å². The van der Waals surface area contributed by atoms with E-state index in [2.05, 4.69) is 37.3 Å². The van der Waals surface area contributed by atoms with Crippen molar-refractivity contribution in [1.82, 2.24) is 0 Å². The van der Waals surface area contributed by atoms with Crippen molar-refractivity contribution in [2.24, 2.45) is 17.8 Å². The van der Waals surface area contributed by atoms with Crippen molar-refractivity contribution in [1.29, 1.82) is 0 Å². The number of ether oxygens (including phenoxy) is 1. The Labute approximate surface area is 201 Å². The Balaban J connectivity index is 1.29. The number of aryl methyl sites for hydroxylation is 1. The zero-order valence-electron chi connectivity index (χ0n) is 20.8. The van der Waals surface area contributed by atoms with Crippen LogP contribution in [0.25, 0.3) is 11.1 Å². The number of hydrogen-bond acceptors (Lipinski definition) is 1. The highest BCUT2D eigenvalue weighted by molar-refractivity contribution is 5.64. The molecule has 2 aliphatic rings. The van der Waals surface area contributed by atoms with Crippen LogP contribution in [0.1, 0.15) is 94.6 Å². The Kier molecular flexibility index (Phi) is 9.01. The van der Waals surface area contributed by atoms with Crippen molar-refractivity contribution >= 4 is 0 Å². The maximum absolute atomic E-state index is 15.0. The van der Waals surface area contributed by atoms with Gasteiger partial charge in [-0.25, -0.2) is 4.39 Å². The molecule has 2 heteroatoms. The molecule has 0 unspecified atom stereocenters. The van der Waals surface area contributed by atoms with Crippen LogP contribution < -0.4 is 0 Å². The quantitative estimate of drug-likeness (QED) is 0.370. The molecule has 0 N–H and O–H groups in total. The van der Waals surface area contributed by atoms with E-state index in [4.69, 9.17) is 4.74 Å². The van der Waals surface area contributed by atoms with Gasteiger partial charge in [0.1, 0.15) is 5.82 Å². The molecule has 2 aliphatic carbocycles. The van der Waals surface area contributed by atoms with Crippen LogP contribution in [0.4, 0.5) is 4.39 Å². The molecular formula is C31H43FO. The van der Waals surface area contributed by atoms with Gasteiger partial charge < -0.3 is 4.74 Å². The van der Waals surface area contributed by atoms with Gasteiger partial charge in [0.15, 0.2) is 0 Å². The number of halogens is 1. The minimum Gasteiger partial charge on any atom is -0.384 e. The third-order valence-corrected chi connectivity index (χ3v) is 8.48. The minimum atomic E-state index is -0.0366. The third-order valence-electron chi connectivity index (χ3n) is 8.48. The highest BCUT2D eigenvalue weighted by Crippen LogP contribution is 2.38. The Morgan fingerprint density at radius 1 is 0.758 bits per heavy atom. The molecule has 2 aromatic carbocycles.